The van der Waals surface area contributed by atoms with Gasteiger partial charge in [-0.25, -0.2) is 0 Å². The molecule has 1 aliphatic carbocycles. The van der Waals surface area contributed by atoms with Gasteiger partial charge >= 0.3 is 0 Å². The zero-order chi connectivity index (χ0) is 20.3. The Kier molecular flexibility index (Phi) is 6.75. The predicted molar refractivity (Wildman–Crippen MR) is 108 cm³/mol. The molecule has 0 fully saturated rings. The lowest BCUT2D eigenvalue weighted by atomic mass is 9.79. The van der Waals surface area contributed by atoms with Gasteiger partial charge in [0.05, 0.1) is 19.3 Å². The first kappa shape index (κ1) is 20.8. The molecule has 0 radical (unpaired) electrons. The van der Waals surface area contributed by atoms with E-state index < -0.39 is 24.2 Å². The molecule has 0 saturated heterocycles. The molecule has 4 atom stereocenters. The fourth-order valence-electron chi connectivity index (χ4n) is 3.51. The Hall–Kier alpha value is -1.89. The highest BCUT2D eigenvalue weighted by atomic mass is 35.5. The number of aliphatic hydroxyl groups excluding tert-OH is 4. The van der Waals surface area contributed by atoms with Crippen LogP contribution in [0.4, 0.5) is 0 Å². The number of rotatable bonds is 6. The summed E-state index contributed by atoms with van der Waals surface area (Å²) in [7, 11) is 0. The first-order valence-electron chi connectivity index (χ1n) is 9.30. The van der Waals surface area contributed by atoms with Gasteiger partial charge in [0.15, 0.2) is 0 Å². The van der Waals surface area contributed by atoms with Gasteiger partial charge in [-0.3, -0.25) is 0 Å². The van der Waals surface area contributed by atoms with E-state index in [0.29, 0.717) is 23.6 Å². The Morgan fingerprint density at radius 2 is 1.71 bits per heavy atom. The van der Waals surface area contributed by atoms with Crippen LogP contribution in [0.2, 0.25) is 5.02 Å². The van der Waals surface area contributed by atoms with Crippen LogP contribution in [-0.2, 0) is 6.42 Å². The molecule has 0 saturated carbocycles. The van der Waals surface area contributed by atoms with Crippen LogP contribution < -0.4 is 4.74 Å². The molecule has 2 aromatic carbocycles. The van der Waals surface area contributed by atoms with Crippen LogP contribution in [0.15, 0.2) is 54.1 Å². The number of halogens is 1. The van der Waals surface area contributed by atoms with Crippen molar-refractivity contribution >= 4 is 11.6 Å². The Balaban J connectivity index is 1.87. The molecule has 0 aliphatic heterocycles. The predicted octanol–water partition coefficient (Wildman–Crippen LogP) is 2.43. The van der Waals surface area contributed by atoms with Crippen LogP contribution in [0, 0.1) is 0 Å². The third-order valence-corrected chi connectivity index (χ3v) is 5.45. The zero-order valence-corrected chi connectivity index (χ0v) is 16.4. The number of hydrogen-bond acceptors (Lipinski definition) is 5. The summed E-state index contributed by atoms with van der Waals surface area (Å²) in [4.78, 5) is 0. The maximum absolute atomic E-state index is 10.4. The van der Waals surface area contributed by atoms with Crippen LogP contribution in [0.3, 0.4) is 0 Å². The van der Waals surface area contributed by atoms with Crippen LogP contribution in [0.5, 0.6) is 5.75 Å². The van der Waals surface area contributed by atoms with Gasteiger partial charge in [0, 0.05) is 10.9 Å². The van der Waals surface area contributed by atoms with Gasteiger partial charge in [-0.2, -0.15) is 0 Å². The molecule has 5 nitrogen and oxygen atoms in total. The molecular weight excluding hydrogens is 380 g/mol. The van der Waals surface area contributed by atoms with Crippen molar-refractivity contribution in [3.8, 4) is 5.75 Å². The molecule has 0 aromatic heterocycles. The first-order chi connectivity index (χ1) is 13.4. The van der Waals surface area contributed by atoms with E-state index in [0.717, 1.165) is 22.4 Å². The highest BCUT2D eigenvalue weighted by molar-refractivity contribution is 6.31. The smallest absolute Gasteiger partial charge is 0.119 e. The summed E-state index contributed by atoms with van der Waals surface area (Å²) in [6, 6.07) is 13.2. The Morgan fingerprint density at radius 3 is 2.36 bits per heavy atom. The molecule has 0 amide bonds. The second-order valence-corrected chi connectivity index (χ2v) is 7.36. The number of ether oxygens (including phenoxy) is 1. The summed E-state index contributed by atoms with van der Waals surface area (Å²) in [5.41, 5.74) is 3.00. The lowest BCUT2D eigenvalue weighted by molar-refractivity contribution is -0.0608. The maximum atomic E-state index is 10.4. The van der Waals surface area contributed by atoms with E-state index in [1.54, 1.807) is 18.2 Å². The Bertz CT molecular complexity index is 833. The van der Waals surface area contributed by atoms with Gasteiger partial charge in [0.2, 0.25) is 0 Å². The topological polar surface area (TPSA) is 90.2 Å². The van der Waals surface area contributed by atoms with Crippen LogP contribution >= 0.6 is 11.6 Å². The van der Waals surface area contributed by atoms with Gasteiger partial charge in [-0.15, -0.1) is 0 Å². The molecule has 0 spiro atoms. The number of aliphatic hydroxyl groups is 4. The molecule has 0 heterocycles. The van der Waals surface area contributed by atoms with Crippen molar-refractivity contribution in [2.75, 3.05) is 13.2 Å². The third kappa shape index (κ3) is 4.40. The summed E-state index contributed by atoms with van der Waals surface area (Å²) in [6.45, 7) is 2.17. The zero-order valence-electron chi connectivity index (χ0n) is 15.6. The lowest BCUT2D eigenvalue weighted by Gasteiger charge is -2.34. The molecule has 3 rings (SSSR count). The van der Waals surface area contributed by atoms with Crippen LogP contribution in [0.1, 0.15) is 29.5 Å². The molecule has 1 aliphatic rings. The molecule has 150 valence electrons. The van der Waals surface area contributed by atoms with E-state index in [9.17, 15) is 20.4 Å². The SMILES string of the molecule is CCOc1ccc(Cc2cc([C@@H]3C=C(CO)[C@@H](O)[C@H](O)[C@H]3O)ccc2Cl)cc1. The van der Waals surface area contributed by atoms with Gasteiger partial charge in [0.1, 0.15) is 18.0 Å². The van der Waals surface area contributed by atoms with Crippen molar-refractivity contribution in [2.24, 2.45) is 0 Å². The monoisotopic (exact) mass is 404 g/mol. The summed E-state index contributed by atoms with van der Waals surface area (Å²) >= 11 is 6.38. The van der Waals surface area contributed by atoms with Crippen LogP contribution in [-0.4, -0.2) is 52.0 Å². The highest BCUT2D eigenvalue weighted by Gasteiger charge is 2.37. The second kappa shape index (κ2) is 9.07. The van der Waals surface area contributed by atoms with Crippen molar-refractivity contribution in [1.82, 2.24) is 0 Å². The average molecular weight is 405 g/mol. The van der Waals surface area contributed by atoms with E-state index in [2.05, 4.69) is 0 Å². The summed E-state index contributed by atoms with van der Waals surface area (Å²) in [6.07, 6.45) is -1.59. The van der Waals surface area contributed by atoms with Gasteiger partial charge in [-0.05, 0) is 53.8 Å². The highest BCUT2D eigenvalue weighted by Crippen LogP contribution is 2.34. The number of benzene rings is 2. The second-order valence-electron chi connectivity index (χ2n) is 6.96. The minimum Gasteiger partial charge on any atom is -0.494 e. The fraction of sp³-hybridized carbons (Fsp3) is 0.364. The van der Waals surface area contributed by atoms with E-state index >= 15 is 0 Å². The van der Waals surface area contributed by atoms with E-state index in [-0.39, 0.29) is 6.61 Å². The minimum atomic E-state index is -1.36. The lowest BCUT2D eigenvalue weighted by Crippen LogP contribution is -2.45. The van der Waals surface area contributed by atoms with E-state index in [4.69, 9.17) is 16.3 Å². The van der Waals surface area contributed by atoms with Gasteiger partial charge in [0.25, 0.3) is 0 Å². The molecule has 2 aromatic rings. The van der Waals surface area contributed by atoms with Crippen molar-refractivity contribution in [1.29, 1.82) is 0 Å². The fourth-order valence-corrected chi connectivity index (χ4v) is 3.70. The van der Waals surface area contributed by atoms with E-state index in [1.165, 1.54) is 0 Å². The summed E-state index contributed by atoms with van der Waals surface area (Å²) in [5, 5.41) is 40.5. The van der Waals surface area contributed by atoms with Gasteiger partial charge in [-0.1, -0.05) is 41.9 Å². The molecule has 28 heavy (non-hydrogen) atoms. The Labute approximate surface area is 169 Å². The van der Waals surface area contributed by atoms with Crippen LogP contribution in [0.25, 0.3) is 0 Å². The summed E-state index contributed by atoms with van der Waals surface area (Å²) < 4.78 is 5.46. The normalized spacial score (nSPS) is 24.7. The summed E-state index contributed by atoms with van der Waals surface area (Å²) in [5.74, 6) is 0.266. The average Bonchev–Trinajstić information content (AvgIpc) is 2.70. The molecule has 0 bridgehead atoms. The van der Waals surface area contributed by atoms with Gasteiger partial charge < -0.3 is 25.2 Å². The molecule has 4 N–H and O–H groups in total. The molecule has 0 unspecified atom stereocenters. The van der Waals surface area contributed by atoms with Crippen molar-refractivity contribution in [3.63, 3.8) is 0 Å². The molecular formula is C22H25ClO5. The largest absolute Gasteiger partial charge is 0.494 e. The number of hydrogen-bond donors (Lipinski definition) is 4. The van der Waals surface area contributed by atoms with Crippen molar-refractivity contribution in [2.45, 2.75) is 37.6 Å². The Morgan fingerprint density at radius 1 is 1.00 bits per heavy atom. The van der Waals surface area contributed by atoms with Crippen molar-refractivity contribution < 1.29 is 25.2 Å². The maximum Gasteiger partial charge on any atom is 0.119 e. The van der Waals surface area contributed by atoms with E-state index in [1.807, 2.05) is 37.3 Å². The quantitative estimate of drug-likeness (QED) is 0.555. The van der Waals surface area contributed by atoms with Crippen molar-refractivity contribution in [3.05, 3.63) is 75.8 Å². The molecule has 6 heteroatoms. The standard InChI is InChI=1S/C22H25ClO5/c1-2-28-17-6-3-13(4-7-17)9-15-10-14(5-8-19(15)23)18-11-16(12-24)20(25)22(27)21(18)26/h3-8,10-11,18,20-22,24-27H,2,9,12H2,1H3/t18-,20+,21-,22-/m0/s1. The first-order valence-corrected chi connectivity index (χ1v) is 9.68. The minimum absolute atomic E-state index is 0.297. The third-order valence-electron chi connectivity index (χ3n) is 5.08.